The average molecular weight is 194 g/mol. The number of rotatable bonds is 1. The van der Waals surface area contributed by atoms with Crippen molar-refractivity contribution in [2.45, 2.75) is 40.5 Å². The second-order valence-corrected chi connectivity index (χ2v) is 5.65. The Bertz CT molecular complexity index is 316. The lowest BCUT2D eigenvalue weighted by Gasteiger charge is -2.32. The lowest BCUT2D eigenvalue weighted by atomic mass is 9.70. The minimum Gasteiger partial charge on any atom is -0.299 e. The quantitative estimate of drug-likeness (QED) is 0.600. The predicted octanol–water partition coefficient (Wildman–Crippen LogP) is 2.22. The Labute approximate surface area is 85.1 Å². The van der Waals surface area contributed by atoms with Crippen molar-refractivity contribution in [1.82, 2.24) is 0 Å². The van der Waals surface area contributed by atoms with Crippen molar-refractivity contribution < 1.29 is 9.59 Å². The van der Waals surface area contributed by atoms with E-state index in [-0.39, 0.29) is 34.2 Å². The van der Waals surface area contributed by atoms with Crippen molar-refractivity contribution in [2.24, 2.45) is 22.7 Å². The zero-order valence-corrected chi connectivity index (χ0v) is 9.39. The maximum Gasteiger partial charge on any atom is 0.150 e. The lowest BCUT2D eigenvalue weighted by Crippen LogP contribution is -2.34. The highest BCUT2D eigenvalue weighted by atomic mass is 16.2. The van der Waals surface area contributed by atoms with Crippen LogP contribution in [0.5, 0.6) is 0 Å². The van der Waals surface area contributed by atoms with Crippen LogP contribution in [0.4, 0.5) is 0 Å². The number of Topliss-reactive ketones (excluding diaryl/α,β-unsaturated/α-hetero) is 2. The van der Waals surface area contributed by atoms with Gasteiger partial charge in [-0.15, -0.1) is 0 Å². The van der Waals surface area contributed by atoms with Crippen LogP contribution in [0.25, 0.3) is 0 Å². The first kappa shape index (κ1) is 9.88. The molecule has 0 N–H and O–H groups in total. The summed E-state index contributed by atoms with van der Waals surface area (Å²) < 4.78 is 0. The summed E-state index contributed by atoms with van der Waals surface area (Å²) >= 11 is 0. The summed E-state index contributed by atoms with van der Waals surface area (Å²) in [6.07, 6.45) is 2.01. The Morgan fingerprint density at radius 1 is 1.36 bits per heavy atom. The van der Waals surface area contributed by atoms with Gasteiger partial charge in [0.25, 0.3) is 0 Å². The minimum atomic E-state index is -0.302. The molecule has 14 heavy (non-hydrogen) atoms. The van der Waals surface area contributed by atoms with E-state index in [0.29, 0.717) is 0 Å². The number of hydrogen-bond donors (Lipinski definition) is 0. The molecule has 2 nitrogen and oxygen atoms in total. The van der Waals surface area contributed by atoms with E-state index < -0.39 is 0 Å². The molecule has 0 spiro atoms. The molecule has 2 aliphatic carbocycles. The molecule has 0 aliphatic heterocycles. The van der Waals surface area contributed by atoms with Gasteiger partial charge in [0.1, 0.15) is 11.6 Å². The Hall–Kier alpha value is -0.660. The van der Waals surface area contributed by atoms with E-state index in [4.69, 9.17) is 0 Å². The molecule has 0 heterocycles. The molecule has 2 fully saturated rings. The molecule has 2 rings (SSSR count). The molecule has 0 radical (unpaired) electrons. The first-order valence-electron chi connectivity index (χ1n) is 5.37. The third-order valence-corrected chi connectivity index (χ3v) is 4.97. The fourth-order valence-electron chi connectivity index (χ4n) is 3.55. The summed E-state index contributed by atoms with van der Waals surface area (Å²) in [6.45, 7) is 7.89. The van der Waals surface area contributed by atoms with Gasteiger partial charge in [0.15, 0.2) is 0 Å². The van der Waals surface area contributed by atoms with E-state index in [0.717, 1.165) is 12.8 Å². The van der Waals surface area contributed by atoms with E-state index in [9.17, 15) is 9.59 Å². The van der Waals surface area contributed by atoms with Crippen LogP contribution in [0, 0.1) is 22.7 Å². The first-order valence-corrected chi connectivity index (χ1v) is 5.37. The summed E-state index contributed by atoms with van der Waals surface area (Å²) in [6, 6.07) is 0. The summed E-state index contributed by atoms with van der Waals surface area (Å²) in [7, 11) is 0. The van der Waals surface area contributed by atoms with Crippen molar-refractivity contribution >= 4 is 11.6 Å². The van der Waals surface area contributed by atoms with Crippen LogP contribution in [-0.4, -0.2) is 11.6 Å². The minimum absolute atomic E-state index is 0.0143. The third-order valence-electron chi connectivity index (χ3n) is 4.97. The van der Waals surface area contributed by atoms with Crippen LogP contribution in [0.2, 0.25) is 0 Å². The zero-order valence-electron chi connectivity index (χ0n) is 9.39. The number of fused-ring (bicyclic) bond motifs is 2. The highest BCUT2D eigenvalue weighted by Gasteiger charge is 2.67. The van der Waals surface area contributed by atoms with Gasteiger partial charge in [-0.2, -0.15) is 0 Å². The molecule has 2 bridgehead atoms. The van der Waals surface area contributed by atoms with Crippen molar-refractivity contribution in [3.8, 4) is 0 Å². The Kier molecular flexibility index (Phi) is 1.74. The lowest BCUT2D eigenvalue weighted by molar-refractivity contribution is -0.137. The highest BCUT2D eigenvalue weighted by Crippen LogP contribution is 2.65. The molecular weight excluding hydrogens is 176 g/mol. The number of hydrogen-bond acceptors (Lipinski definition) is 2. The molecular formula is C12H18O2. The topological polar surface area (TPSA) is 34.1 Å². The molecule has 2 saturated carbocycles. The van der Waals surface area contributed by atoms with Gasteiger partial charge in [-0.1, -0.05) is 20.8 Å². The highest BCUT2D eigenvalue weighted by molar-refractivity contribution is 6.07. The predicted molar refractivity (Wildman–Crippen MR) is 53.8 cm³/mol. The molecule has 2 heteroatoms. The monoisotopic (exact) mass is 194 g/mol. The van der Waals surface area contributed by atoms with Crippen molar-refractivity contribution in [2.75, 3.05) is 0 Å². The van der Waals surface area contributed by atoms with E-state index >= 15 is 0 Å². The molecule has 0 aromatic heterocycles. The largest absolute Gasteiger partial charge is 0.299 e. The maximum atomic E-state index is 12.1. The van der Waals surface area contributed by atoms with E-state index in [1.54, 1.807) is 6.92 Å². The van der Waals surface area contributed by atoms with Crippen LogP contribution < -0.4 is 0 Å². The summed E-state index contributed by atoms with van der Waals surface area (Å²) in [5.41, 5.74) is -0.228. The molecule has 0 saturated heterocycles. The molecule has 0 aromatic rings. The molecule has 0 aromatic carbocycles. The van der Waals surface area contributed by atoms with Gasteiger partial charge in [-0.05, 0) is 31.1 Å². The van der Waals surface area contributed by atoms with Gasteiger partial charge < -0.3 is 0 Å². The summed E-state index contributed by atoms with van der Waals surface area (Å²) in [4.78, 5) is 23.6. The van der Waals surface area contributed by atoms with Crippen molar-refractivity contribution in [3.05, 3.63) is 0 Å². The smallest absolute Gasteiger partial charge is 0.150 e. The Morgan fingerprint density at radius 2 is 1.93 bits per heavy atom. The zero-order chi connectivity index (χ0) is 10.7. The molecule has 78 valence electrons. The van der Waals surface area contributed by atoms with Crippen LogP contribution in [0.15, 0.2) is 0 Å². The molecule has 0 unspecified atom stereocenters. The second kappa shape index (κ2) is 2.47. The van der Waals surface area contributed by atoms with Crippen LogP contribution in [0.1, 0.15) is 40.5 Å². The third kappa shape index (κ3) is 0.825. The standard InChI is InChI=1S/C12H18O2/c1-7(13)9-8-5-6-12(4,10(9)14)11(8,2)3/h8-9H,5-6H2,1-4H3/t8-,9-,12-/m1/s1. The normalized spacial score (nSPS) is 44.4. The first-order chi connectivity index (χ1) is 6.32. The molecule has 2 aliphatic rings. The van der Waals surface area contributed by atoms with Gasteiger partial charge in [-0.3, -0.25) is 9.59 Å². The number of ketones is 2. The second-order valence-electron chi connectivity index (χ2n) is 5.65. The number of carbonyl (C=O) groups is 2. The molecule has 0 amide bonds. The van der Waals surface area contributed by atoms with Crippen LogP contribution in [0.3, 0.4) is 0 Å². The molecule has 3 atom stereocenters. The van der Waals surface area contributed by atoms with Gasteiger partial charge in [0.05, 0.1) is 5.92 Å². The summed E-state index contributed by atoms with van der Waals surface area (Å²) in [5, 5.41) is 0. The van der Waals surface area contributed by atoms with E-state index in [1.165, 1.54) is 0 Å². The number of carbonyl (C=O) groups excluding carboxylic acids is 2. The van der Waals surface area contributed by atoms with Gasteiger partial charge in [0.2, 0.25) is 0 Å². The van der Waals surface area contributed by atoms with E-state index in [1.807, 2.05) is 6.92 Å². The van der Waals surface area contributed by atoms with Gasteiger partial charge in [0, 0.05) is 5.41 Å². The Balaban J connectivity index is 2.49. The van der Waals surface area contributed by atoms with Crippen LogP contribution in [-0.2, 0) is 9.59 Å². The average Bonchev–Trinajstić information content (AvgIpc) is 2.35. The van der Waals surface area contributed by atoms with E-state index in [2.05, 4.69) is 13.8 Å². The maximum absolute atomic E-state index is 12.1. The fraction of sp³-hybridized carbons (Fsp3) is 0.833. The Morgan fingerprint density at radius 3 is 2.21 bits per heavy atom. The van der Waals surface area contributed by atoms with Crippen molar-refractivity contribution in [1.29, 1.82) is 0 Å². The van der Waals surface area contributed by atoms with Gasteiger partial charge in [-0.25, -0.2) is 0 Å². The SMILES string of the molecule is CC(=O)[C@H]1C(=O)[C@@]2(C)CC[C@H]1C2(C)C. The van der Waals surface area contributed by atoms with Crippen LogP contribution >= 0.6 is 0 Å². The van der Waals surface area contributed by atoms with Crippen molar-refractivity contribution in [3.63, 3.8) is 0 Å². The van der Waals surface area contributed by atoms with Gasteiger partial charge >= 0.3 is 0 Å². The fourth-order valence-corrected chi connectivity index (χ4v) is 3.55. The summed E-state index contributed by atoms with van der Waals surface area (Å²) in [5.74, 6) is 0.254.